The van der Waals surface area contributed by atoms with Gasteiger partial charge in [-0.3, -0.25) is 0 Å². The molecule has 0 fully saturated rings. The van der Waals surface area contributed by atoms with Crippen LogP contribution in [-0.4, -0.2) is 16.8 Å². The molecule has 1 aromatic heterocycles. The van der Waals surface area contributed by atoms with E-state index in [2.05, 4.69) is 5.32 Å². The molecule has 4 nitrogen and oxygen atoms in total. The molecule has 1 N–H and O–H groups in total. The molecule has 0 radical (unpaired) electrons. The highest BCUT2D eigenvalue weighted by Crippen LogP contribution is 1.99. The minimum Gasteiger partial charge on any atom is -0.447 e. The molecular formula is C10H16N2O2. The molecule has 0 bridgehead atoms. The molecular weight excluding hydrogens is 180 g/mol. The lowest BCUT2D eigenvalue weighted by atomic mass is 10.4. The van der Waals surface area contributed by atoms with Crippen molar-refractivity contribution in [2.45, 2.75) is 26.5 Å². The summed E-state index contributed by atoms with van der Waals surface area (Å²) < 4.78 is 6.88. The van der Waals surface area contributed by atoms with Crippen molar-refractivity contribution in [2.75, 3.05) is 0 Å². The lowest BCUT2D eigenvalue weighted by Gasteiger charge is -2.09. The van der Waals surface area contributed by atoms with E-state index in [1.54, 1.807) is 0 Å². The summed E-state index contributed by atoms with van der Waals surface area (Å²) in [7, 11) is 1.94. The Hall–Kier alpha value is -1.45. The van der Waals surface area contributed by atoms with Crippen molar-refractivity contribution >= 4 is 6.09 Å². The van der Waals surface area contributed by atoms with Crippen molar-refractivity contribution in [1.82, 2.24) is 9.88 Å². The van der Waals surface area contributed by atoms with E-state index in [9.17, 15) is 4.79 Å². The van der Waals surface area contributed by atoms with Gasteiger partial charge in [0, 0.05) is 18.9 Å². The summed E-state index contributed by atoms with van der Waals surface area (Å²) in [5.41, 5.74) is 1.05. The molecule has 0 aliphatic rings. The number of nitrogens with one attached hydrogen (secondary N) is 1. The second kappa shape index (κ2) is 4.69. The molecule has 0 atom stereocenters. The van der Waals surface area contributed by atoms with Gasteiger partial charge in [0.15, 0.2) is 0 Å². The monoisotopic (exact) mass is 196 g/mol. The largest absolute Gasteiger partial charge is 0.447 e. The Bertz CT molecular complexity index is 305. The van der Waals surface area contributed by atoms with Gasteiger partial charge in [-0.05, 0) is 26.0 Å². The summed E-state index contributed by atoms with van der Waals surface area (Å²) in [4.78, 5) is 11.1. The zero-order valence-electron chi connectivity index (χ0n) is 8.78. The number of nitrogens with zero attached hydrogens (tertiary/aromatic N) is 1. The quantitative estimate of drug-likeness (QED) is 0.799. The molecule has 1 amide bonds. The van der Waals surface area contributed by atoms with Gasteiger partial charge >= 0.3 is 6.09 Å². The van der Waals surface area contributed by atoms with Crippen LogP contribution in [0, 0.1) is 0 Å². The summed E-state index contributed by atoms with van der Waals surface area (Å²) in [6.45, 7) is 4.14. The number of hydrogen-bond donors (Lipinski definition) is 1. The second-order valence-corrected chi connectivity index (χ2v) is 3.42. The third-order valence-corrected chi connectivity index (χ3v) is 1.81. The van der Waals surface area contributed by atoms with Gasteiger partial charge in [-0.1, -0.05) is 0 Å². The third kappa shape index (κ3) is 3.12. The Morgan fingerprint density at radius 3 is 2.86 bits per heavy atom. The number of aryl methyl sites for hydroxylation is 1. The smallest absolute Gasteiger partial charge is 0.407 e. The number of aromatic nitrogens is 1. The molecule has 1 rings (SSSR count). The highest BCUT2D eigenvalue weighted by Gasteiger charge is 2.04. The topological polar surface area (TPSA) is 43.3 Å². The van der Waals surface area contributed by atoms with E-state index in [1.165, 1.54) is 0 Å². The number of alkyl carbamates (subject to hydrolysis) is 1. The molecule has 4 heteroatoms. The van der Waals surface area contributed by atoms with E-state index in [0.717, 1.165) is 5.69 Å². The Morgan fingerprint density at radius 1 is 1.64 bits per heavy atom. The Labute approximate surface area is 83.9 Å². The fourth-order valence-corrected chi connectivity index (χ4v) is 1.10. The van der Waals surface area contributed by atoms with Gasteiger partial charge in [0.1, 0.15) is 0 Å². The Morgan fingerprint density at radius 2 is 2.36 bits per heavy atom. The molecule has 0 aliphatic heterocycles. The Balaban J connectivity index is 2.34. The maximum Gasteiger partial charge on any atom is 0.407 e. The van der Waals surface area contributed by atoms with E-state index in [-0.39, 0.29) is 12.2 Å². The van der Waals surface area contributed by atoms with Crippen LogP contribution in [0.3, 0.4) is 0 Å². The number of carbonyl (C=O) groups is 1. The minimum absolute atomic E-state index is 0.0802. The molecule has 1 aromatic rings. The lowest BCUT2D eigenvalue weighted by Crippen LogP contribution is -2.27. The van der Waals surface area contributed by atoms with Crippen molar-refractivity contribution in [3.63, 3.8) is 0 Å². The number of amides is 1. The normalized spacial score (nSPS) is 10.3. The first-order chi connectivity index (χ1) is 6.59. The van der Waals surface area contributed by atoms with Crippen LogP contribution in [0.1, 0.15) is 19.5 Å². The first-order valence-electron chi connectivity index (χ1n) is 4.64. The predicted octanol–water partition coefficient (Wildman–Crippen LogP) is 1.66. The summed E-state index contributed by atoms with van der Waals surface area (Å²) in [6, 6.07) is 3.89. The first kappa shape index (κ1) is 10.6. The standard InChI is InChI=1S/C10H16N2O2/c1-8(2)14-10(13)11-7-9-5-4-6-12(9)3/h4-6,8H,7H2,1-3H3,(H,11,13). The number of hydrogen-bond acceptors (Lipinski definition) is 2. The first-order valence-corrected chi connectivity index (χ1v) is 4.64. The average Bonchev–Trinajstić information content (AvgIpc) is 2.46. The highest BCUT2D eigenvalue weighted by molar-refractivity contribution is 5.67. The summed E-state index contributed by atoms with van der Waals surface area (Å²) >= 11 is 0. The van der Waals surface area contributed by atoms with Crippen molar-refractivity contribution in [3.05, 3.63) is 24.0 Å². The maximum atomic E-state index is 11.1. The zero-order chi connectivity index (χ0) is 10.6. The number of rotatable bonds is 3. The molecule has 1 heterocycles. The molecule has 14 heavy (non-hydrogen) atoms. The fraction of sp³-hybridized carbons (Fsp3) is 0.500. The van der Waals surface area contributed by atoms with E-state index in [4.69, 9.17) is 4.74 Å². The molecule has 0 aromatic carbocycles. The number of ether oxygens (including phenoxy) is 1. The van der Waals surface area contributed by atoms with Crippen LogP contribution in [0.25, 0.3) is 0 Å². The molecule has 0 spiro atoms. The predicted molar refractivity (Wildman–Crippen MR) is 53.9 cm³/mol. The molecule has 0 aliphatic carbocycles. The zero-order valence-corrected chi connectivity index (χ0v) is 8.78. The van der Waals surface area contributed by atoms with E-state index in [1.807, 2.05) is 43.8 Å². The average molecular weight is 196 g/mol. The van der Waals surface area contributed by atoms with Crippen molar-refractivity contribution in [3.8, 4) is 0 Å². The fourth-order valence-electron chi connectivity index (χ4n) is 1.10. The van der Waals surface area contributed by atoms with Crippen LogP contribution in [0.4, 0.5) is 4.79 Å². The molecule has 78 valence electrons. The maximum absolute atomic E-state index is 11.1. The van der Waals surface area contributed by atoms with Gasteiger partial charge in [-0.15, -0.1) is 0 Å². The van der Waals surface area contributed by atoms with E-state index in [0.29, 0.717) is 6.54 Å². The van der Waals surface area contributed by atoms with Gasteiger partial charge in [0.25, 0.3) is 0 Å². The van der Waals surface area contributed by atoms with Crippen molar-refractivity contribution in [2.24, 2.45) is 7.05 Å². The van der Waals surface area contributed by atoms with Gasteiger partial charge in [-0.2, -0.15) is 0 Å². The van der Waals surface area contributed by atoms with Gasteiger partial charge < -0.3 is 14.6 Å². The molecule has 0 saturated heterocycles. The van der Waals surface area contributed by atoms with Gasteiger partial charge in [0.05, 0.1) is 12.6 Å². The van der Waals surface area contributed by atoms with E-state index >= 15 is 0 Å². The Kier molecular flexibility index (Phi) is 3.56. The second-order valence-electron chi connectivity index (χ2n) is 3.42. The van der Waals surface area contributed by atoms with Gasteiger partial charge in [0.2, 0.25) is 0 Å². The lowest BCUT2D eigenvalue weighted by molar-refractivity contribution is 0.115. The van der Waals surface area contributed by atoms with Crippen LogP contribution < -0.4 is 5.32 Å². The van der Waals surface area contributed by atoms with Crippen LogP contribution >= 0.6 is 0 Å². The minimum atomic E-state index is -0.374. The number of carbonyl (C=O) groups excluding carboxylic acids is 1. The molecule has 0 unspecified atom stereocenters. The van der Waals surface area contributed by atoms with Crippen LogP contribution in [0.2, 0.25) is 0 Å². The van der Waals surface area contributed by atoms with Crippen LogP contribution in [0.15, 0.2) is 18.3 Å². The van der Waals surface area contributed by atoms with Crippen molar-refractivity contribution in [1.29, 1.82) is 0 Å². The summed E-state index contributed by atoms with van der Waals surface area (Å²) in [6.07, 6.45) is 1.48. The van der Waals surface area contributed by atoms with Gasteiger partial charge in [-0.25, -0.2) is 4.79 Å². The van der Waals surface area contributed by atoms with E-state index < -0.39 is 0 Å². The summed E-state index contributed by atoms with van der Waals surface area (Å²) in [5.74, 6) is 0. The SMILES string of the molecule is CC(C)OC(=O)NCc1cccn1C. The van der Waals surface area contributed by atoms with Crippen LogP contribution in [0.5, 0.6) is 0 Å². The van der Waals surface area contributed by atoms with Crippen LogP contribution in [-0.2, 0) is 18.3 Å². The summed E-state index contributed by atoms with van der Waals surface area (Å²) in [5, 5.41) is 2.68. The molecule has 0 saturated carbocycles. The third-order valence-electron chi connectivity index (χ3n) is 1.81. The highest BCUT2D eigenvalue weighted by atomic mass is 16.6. The van der Waals surface area contributed by atoms with Crippen molar-refractivity contribution < 1.29 is 9.53 Å².